The predicted molar refractivity (Wildman–Crippen MR) is 76.1 cm³/mol. The van der Waals surface area contributed by atoms with E-state index >= 15 is 0 Å². The zero-order valence-electron chi connectivity index (χ0n) is 12.8. The summed E-state index contributed by atoms with van der Waals surface area (Å²) < 4.78 is 26.6. The Balaban J connectivity index is 3.64. The van der Waals surface area contributed by atoms with Crippen molar-refractivity contribution in [2.45, 2.75) is 25.4 Å². The van der Waals surface area contributed by atoms with E-state index in [0.717, 1.165) is 12.8 Å². The highest BCUT2D eigenvalue weighted by atomic mass is 16.6. The van der Waals surface area contributed by atoms with Crippen LogP contribution in [0.3, 0.4) is 0 Å². The minimum atomic E-state index is -0.0911. The highest BCUT2D eigenvalue weighted by molar-refractivity contribution is 4.56. The molecule has 20 heavy (non-hydrogen) atoms. The number of aliphatic hydroxyl groups excluding tert-OH is 1. The maximum atomic E-state index is 8.76. The van der Waals surface area contributed by atoms with Crippen molar-refractivity contribution in [3.8, 4) is 0 Å². The lowest BCUT2D eigenvalue weighted by Crippen LogP contribution is -2.27. The van der Waals surface area contributed by atoms with E-state index in [1.165, 1.54) is 0 Å². The molecule has 0 heterocycles. The van der Waals surface area contributed by atoms with Crippen LogP contribution in [0.1, 0.15) is 19.3 Å². The summed E-state index contributed by atoms with van der Waals surface area (Å²) in [6.07, 6.45) is 2.28. The monoisotopic (exact) mass is 294 g/mol. The van der Waals surface area contributed by atoms with Gasteiger partial charge in [-0.1, -0.05) is 0 Å². The van der Waals surface area contributed by atoms with Crippen LogP contribution in [0.5, 0.6) is 0 Å². The van der Waals surface area contributed by atoms with Gasteiger partial charge in [0.25, 0.3) is 0 Å². The molecule has 0 rings (SSSR count). The molecule has 0 saturated carbocycles. The summed E-state index contributed by atoms with van der Waals surface area (Å²) >= 11 is 0. The predicted octanol–water partition coefficient (Wildman–Crippen LogP) is 0.860. The second-order valence-electron chi connectivity index (χ2n) is 4.41. The molecule has 0 saturated heterocycles. The third kappa shape index (κ3) is 14.2. The molecule has 0 aliphatic heterocycles. The number of ether oxygens (including phenoxy) is 5. The zero-order valence-corrected chi connectivity index (χ0v) is 12.8. The van der Waals surface area contributed by atoms with Gasteiger partial charge >= 0.3 is 0 Å². The van der Waals surface area contributed by atoms with E-state index in [4.69, 9.17) is 28.8 Å². The molecule has 0 amide bonds. The van der Waals surface area contributed by atoms with Crippen LogP contribution in [-0.2, 0) is 23.7 Å². The summed E-state index contributed by atoms with van der Waals surface area (Å²) in [5.74, 6) is 0. The van der Waals surface area contributed by atoms with Gasteiger partial charge in [0.1, 0.15) is 6.10 Å². The molecule has 1 N–H and O–H groups in total. The summed E-state index contributed by atoms with van der Waals surface area (Å²) in [6.45, 7) is 4.35. The van der Waals surface area contributed by atoms with Crippen molar-refractivity contribution in [3.05, 3.63) is 0 Å². The zero-order chi connectivity index (χ0) is 14.9. The molecule has 0 fully saturated rings. The normalized spacial score (nSPS) is 11.4. The molecule has 0 aliphatic rings. The molecular formula is C14H30O6. The highest BCUT2D eigenvalue weighted by Gasteiger charge is 2.09. The second-order valence-corrected chi connectivity index (χ2v) is 4.41. The van der Waals surface area contributed by atoms with Gasteiger partial charge in [-0.25, -0.2) is 0 Å². The van der Waals surface area contributed by atoms with Crippen LogP contribution in [0.25, 0.3) is 0 Å². The lowest BCUT2D eigenvalue weighted by molar-refractivity contribution is -0.0651. The van der Waals surface area contributed by atoms with E-state index in [0.29, 0.717) is 52.7 Å². The first kappa shape index (κ1) is 19.8. The Hall–Kier alpha value is -0.240. The van der Waals surface area contributed by atoms with E-state index in [2.05, 4.69) is 0 Å². The van der Waals surface area contributed by atoms with Gasteiger partial charge in [-0.3, -0.25) is 0 Å². The Morgan fingerprint density at radius 2 is 1.30 bits per heavy atom. The van der Waals surface area contributed by atoms with Gasteiger partial charge in [0.05, 0.1) is 13.2 Å². The molecule has 0 spiro atoms. The van der Waals surface area contributed by atoms with Crippen molar-refractivity contribution >= 4 is 0 Å². The fraction of sp³-hybridized carbons (Fsp3) is 1.00. The van der Waals surface area contributed by atoms with Gasteiger partial charge in [-0.15, -0.1) is 0 Å². The topological polar surface area (TPSA) is 66.4 Å². The number of methoxy groups -OCH3 is 2. The fourth-order valence-corrected chi connectivity index (χ4v) is 1.50. The largest absolute Gasteiger partial charge is 0.396 e. The van der Waals surface area contributed by atoms with Crippen LogP contribution in [0.2, 0.25) is 0 Å². The molecule has 0 aliphatic carbocycles. The van der Waals surface area contributed by atoms with Crippen molar-refractivity contribution in [2.24, 2.45) is 0 Å². The number of rotatable bonds is 16. The van der Waals surface area contributed by atoms with Crippen molar-refractivity contribution in [2.75, 3.05) is 67.1 Å². The third-order valence-electron chi connectivity index (χ3n) is 2.54. The van der Waals surface area contributed by atoms with E-state index in [1.54, 1.807) is 14.2 Å². The third-order valence-corrected chi connectivity index (χ3v) is 2.54. The Labute approximate surface area is 122 Å². The van der Waals surface area contributed by atoms with Crippen LogP contribution in [-0.4, -0.2) is 78.3 Å². The van der Waals surface area contributed by atoms with Crippen LogP contribution in [0.15, 0.2) is 0 Å². The van der Waals surface area contributed by atoms with Gasteiger partial charge in [-0.05, 0) is 19.3 Å². The van der Waals surface area contributed by atoms with Crippen molar-refractivity contribution in [1.29, 1.82) is 0 Å². The quantitative estimate of drug-likeness (QED) is 0.426. The lowest BCUT2D eigenvalue weighted by atomic mass is 10.4. The molecule has 0 atom stereocenters. The summed E-state index contributed by atoms with van der Waals surface area (Å²) in [5, 5.41) is 8.76. The standard InChI is InChI=1S/C14H30O6/c1-16-7-4-9-18-12-14(20-11-3-6-15)13-19-10-5-8-17-2/h14-15H,3-13H2,1-2H3. The Morgan fingerprint density at radius 3 is 1.75 bits per heavy atom. The molecule has 0 radical (unpaired) electrons. The maximum Gasteiger partial charge on any atom is 0.104 e. The summed E-state index contributed by atoms with van der Waals surface area (Å²) in [5.41, 5.74) is 0. The lowest BCUT2D eigenvalue weighted by Gasteiger charge is -2.18. The van der Waals surface area contributed by atoms with Crippen LogP contribution in [0.4, 0.5) is 0 Å². The molecular weight excluding hydrogens is 264 g/mol. The fourth-order valence-electron chi connectivity index (χ4n) is 1.50. The average Bonchev–Trinajstić information content (AvgIpc) is 2.46. The van der Waals surface area contributed by atoms with Gasteiger partial charge in [0.15, 0.2) is 0 Å². The molecule has 0 aromatic heterocycles. The van der Waals surface area contributed by atoms with Crippen LogP contribution < -0.4 is 0 Å². The summed E-state index contributed by atoms with van der Waals surface area (Å²) in [7, 11) is 3.35. The Kier molecular flexibility index (Phi) is 16.6. The molecule has 0 bridgehead atoms. The van der Waals surface area contributed by atoms with Gasteiger partial charge in [0.2, 0.25) is 0 Å². The summed E-state index contributed by atoms with van der Waals surface area (Å²) in [6, 6.07) is 0. The molecule has 6 heteroatoms. The van der Waals surface area contributed by atoms with E-state index in [9.17, 15) is 0 Å². The minimum Gasteiger partial charge on any atom is -0.396 e. The first-order valence-corrected chi connectivity index (χ1v) is 7.21. The summed E-state index contributed by atoms with van der Waals surface area (Å²) in [4.78, 5) is 0. The first-order chi connectivity index (χ1) is 9.85. The maximum absolute atomic E-state index is 8.76. The molecule has 0 aromatic rings. The molecule has 6 nitrogen and oxygen atoms in total. The van der Waals surface area contributed by atoms with Gasteiger partial charge < -0.3 is 28.8 Å². The number of hydrogen-bond acceptors (Lipinski definition) is 6. The van der Waals surface area contributed by atoms with Crippen LogP contribution in [0, 0.1) is 0 Å². The molecule has 0 aromatic carbocycles. The van der Waals surface area contributed by atoms with Gasteiger partial charge in [0, 0.05) is 53.9 Å². The minimum absolute atomic E-state index is 0.0911. The molecule has 0 unspecified atom stereocenters. The number of hydrogen-bond donors (Lipinski definition) is 1. The molecule has 122 valence electrons. The number of aliphatic hydroxyl groups is 1. The Morgan fingerprint density at radius 1 is 0.750 bits per heavy atom. The average molecular weight is 294 g/mol. The SMILES string of the molecule is COCCCOCC(COCCCOC)OCCCO. The van der Waals surface area contributed by atoms with Crippen molar-refractivity contribution in [3.63, 3.8) is 0 Å². The van der Waals surface area contributed by atoms with Crippen molar-refractivity contribution < 1.29 is 28.8 Å². The van der Waals surface area contributed by atoms with E-state index in [1.807, 2.05) is 0 Å². The van der Waals surface area contributed by atoms with Crippen molar-refractivity contribution in [1.82, 2.24) is 0 Å². The highest BCUT2D eigenvalue weighted by Crippen LogP contribution is 1.99. The first-order valence-electron chi connectivity index (χ1n) is 7.21. The van der Waals surface area contributed by atoms with Gasteiger partial charge in [-0.2, -0.15) is 0 Å². The van der Waals surface area contributed by atoms with E-state index in [-0.39, 0.29) is 12.7 Å². The second kappa shape index (κ2) is 16.8. The smallest absolute Gasteiger partial charge is 0.104 e. The Bertz CT molecular complexity index is 165. The van der Waals surface area contributed by atoms with E-state index < -0.39 is 0 Å². The van der Waals surface area contributed by atoms with Crippen LogP contribution >= 0.6 is 0 Å².